The molecule has 0 bridgehead atoms. The Morgan fingerprint density at radius 1 is 1.26 bits per heavy atom. The summed E-state index contributed by atoms with van der Waals surface area (Å²) < 4.78 is 0. The zero-order valence-corrected chi connectivity index (χ0v) is 11.5. The Morgan fingerprint density at radius 2 is 1.89 bits per heavy atom. The molecular weight excluding hydrogens is 240 g/mol. The molecule has 0 amide bonds. The zero-order chi connectivity index (χ0) is 14.0. The minimum Gasteiger partial charge on any atom is -0.478 e. The third kappa shape index (κ3) is 3.40. The highest BCUT2D eigenvalue weighted by Gasteiger charge is 2.23. The second kappa shape index (κ2) is 5.51. The van der Waals surface area contributed by atoms with Gasteiger partial charge in [0.1, 0.15) is 0 Å². The molecule has 0 radical (unpaired) electrons. The summed E-state index contributed by atoms with van der Waals surface area (Å²) in [6.45, 7) is 4.55. The minimum absolute atomic E-state index is 0.168. The van der Waals surface area contributed by atoms with Crippen molar-refractivity contribution in [2.75, 3.05) is 11.1 Å². The van der Waals surface area contributed by atoms with Gasteiger partial charge < -0.3 is 16.2 Å². The van der Waals surface area contributed by atoms with Crippen molar-refractivity contribution < 1.29 is 9.90 Å². The van der Waals surface area contributed by atoms with Crippen LogP contribution in [-0.2, 0) is 0 Å². The number of hydrogen-bond donors (Lipinski definition) is 3. The van der Waals surface area contributed by atoms with Crippen molar-refractivity contribution >= 4 is 17.3 Å². The van der Waals surface area contributed by atoms with Gasteiger partial charge in [-0.1, -0.05) is 13.8 Å². The van der Waals surface area contributed by atoms with E-state index in [0.717, 1.165) is 18.5 Å². The summed E-state index contributed by atoms with van der Waals surface area (Å²) in [5.41, 5.74) is 6.98. The molecule has 1 aliphatic rings. The summed E-state index contributed by atoms with van der Waals surface area (Å²) in [6, 6.07) is 5.55. The molecule has 1 aromatic rings. The van der Waals surface area contributed by atoms with E-state index in [4.69, 9.17) is 10.8 Å². The molecule has 4 nitrogen and oxygen atoms in total. The Bertz CT molecular complexity index is 463. The van der Waals surface area contributed by atoms with E-state index in [0.29, 0.717) is 23.6 Å². The molecule has 19 heavy (non-hydrogen) atoms. The smallest absolute Gasteiger partial charge is 0.337 e. The van der Waals surface area contributed by atoms with Crippen molar-refractivity contribution in [1.82, 2.24) is 0 Å². The van der Waals surface area contributed by atoms with Gasteiger partial charge in [0.15, 0.2) is 0 Å². The van der Waals surface area contributed by atoms with Gasteiger partial charge in [-0.25, -0.2) is 4.79 Å². The summed E-state index contributed by atoms with van der Waals surface area (Å²) in [5, 5.41) is 12.5. The second-order valence-corrected chi connectivity index (χ2v) is 5.87. The largest absolute Gasteiger partial charge is 0.478 e. The molecule has 4 heteroatoms. The third-order valence-electron chi connectivity index (χ3n) is 3.83. The van der Waals surface area contributed by atoms with Gasteiger partial charge in [-0.05, 0) is 49.3 Å². The lowest BCUT2D eigenvalue weighted by Crippen LogP contribution is -2.30. The Labute approximate surface area is 114 Å². The van der Waals surface area contributed by atoms with Crippen LogP contribution in [-0.4, -0.2) is 17.1 Å². The summed E-state index contributed by atoms with van der Waals surface area (Å²) in [5.74, 6) is 0.453. The quantitative estimate of drug-likeness (QED) is 0.731. The van der Waals surface area contributed by atoms with Crippen LogP contribution in [0.2, 0.25) is 0 Å². The van der Waals surface area contributed by atoms with Crippen LogP contribution in [0.4, 0.5) is 11.4 Å². The first-order valence-corrected chi connectivity index (χ1v) is 6.85. The van der Waals surface area contributed by atoms with Crippen molar-refractivity contribution in [1.29, 1.82) is 0 Å². The van der Waals surface area contributed by atoms with Crippen LogP contribution < -0.4 is 11.1 Å². The first-order valence-electron chi connectivity index (χ1n) is 6.85. The van der Waals surface area contributed by atoms with Crippen LogP contribution in [0, 0.1) is 11.8 Å². The number of anilines is 2. The average molecular weight is 262 g/mol. The number of nitrogens with two attached hydrogens (primary N) is 1. The monoisotopic (exact) mass is 262 g/mol. The molecule has 1 aliphatic carbocycles. The number of nitrogen functional groups attached to an aromatic ring is 1. The molecular formula is C15H22N2O2. The zero-order valence-electron chi connectivity index (χ0n) is 11.5. The number of carboxylic acids is 1. The fourth-order valence-corrected chi connectivity index (χ4v) is 3.13. The lowest BCUT2D eigenvalue weighted by atomic mass is 9.80. The maximum absolute atomic E-state index is 11.1. The minimum atomic E-state index is -0.980. The van der Waals surface area contributed by atoms with Gasteiger partial charge in [0.2, 0.25) is 0 Å². The summed E-state index contributed by atoms with van der Waals surface area (Å²) in [4.78, 5) is 11.1. The molecule has 104 valence electrons. The van der Waals surface area contributed by atoms with Gasteiger partial charge in [0.05, 0.1) is 5.56 Å². The normalized spacial score (nSPS) is 26.9. The fourth-order valence-electron chi connectivity index (χ4n) is 3.13. The van der Waals surface area contributed by atoms with Gasteiger partial charge in [-0.3, -0.25) is 0 Å². The number of carboxylic acid groups (broad SMARTS) is 1. The lowest BCUT2D eigenvalue weighted by Gasteiger charge is -2.32. The number of rotatable bonds is 3. The van der Waals surface area contributed by atoms with Crippen LogP contribution in [0.5, 0.6) is 0 Å². The maximum atomic E-state index is 11.1. The van der Waals surface area contributed by atoms with E-state index >= 15 is 0 Å². The van der Waals surface area contributed by atoms with Crippen LogP contribution in [0.3, 0.4) is 0 Å². The first kappa shape index (κ1) is 13.7. The maximum Gasteiger partial charge on any atom is 0.337 e. The summed E-state index contributed by atoms with van der Waals surface area (Å²) >= 11 is 0. The van der Waals surface area contributed by atoms with E-state index < -0.39 is 5.97 Å². The molecule has 1 aromatic carbocycles. The average Bonchev–Trinajstić information content (AvgIpc) is 2.30. The highest BCUT2D eigenvalue weighted by atomic mass is 16.4. The molecule has 0 heterocycles. The van der Waals surface area contributed by atoms with Gasteiger partial charge in [0.25, 0.3) is 0 Å². The number of nitrogens with one attached hydrogen (secondary N) is 1. The van der Waals surface area contributed by atoms with Crippen molar-refractivity contribution in [2.45, 2.75) is 39.2 Å². The Kier molecular flexibility index (Phi) is 3.98. The van der Waals surface area contributed by atoms with E-state index in [1.54, 1.807) is 12.1 Å². The lowest BCUT2D eigenvalue weighted by molar-refractivity contribution is 0.0698. The van der Waals surface area contributed by atoms with Crippen molar-refractivity contribution in [2.24, 2.45) is 11.8 Å². The Hall–Kier alpha value is -1.71. The van der Waals surface area contributed by atoms with Gasteiger partial charge in [-0.15, -0.1) is 0 Å². The Morgan fingerprint density at radius 3 is 2.47 bits per heavy atom. The molecule has 0 aliphatic heterocycles. The molecule has 0 spiro atoms. The standard InChI is InChI=1S/C15H22N2O2/c1-9-5-10(2)7-12(6-9)17-11-3-4-14(16)13(8-11)15(18)19/h3-4,8-10,12,17H,5-7,16H2,1-2H3,(H,18,19). The van der Waals surface area contributed by atoms with Gasteiger partial charge >= 0.3 is 5.97 Å². The van der Waals surface area contributed by atoms with Gasteiger partial charge in [-0.2, -0.15) is 0 Å². The molecule has 1 saturated carbocycles. The van der Waals surface area contributed by atoms with Crippen LogP contribution in [0.15, 0.2) is 18.2 Å². The summed E-state index contributed by atoms with van der Waals surface area (Å²) in [6.07, 6.45) is 3.55. The predicted molar refractivity (Wildman–Crippen MR) is 77.4 cm³/mol. The van der Waals surface area contributed by atoms with Crippen LogP contribution in [0.1, 0.15) is 43.5 Å². The highest BCUT2D eigenvalue weighted by Crippen LogP contribution is 2.31. The molecule has 1 fully saturated rings. The van der Waals surface area contributed by atoms with Crippen molar-refractivity contribution in [3.63, 3.8) is 0 Å². The van der Waals surface area contributed by atoms with E-state index in [-0.39, 0.29) is 5.56 Å². The molecule has 0 saturated heterocycles. The van der Waals surface area contributed by atoms with E-state index in [9.17, 15) is 4.79 Å². The molecule has 2 rings (SSSR count). The fraction of sp³-hybridized carbons (Fsp3) is 0.533. The first-order chi connectivity index (χ1) is 8.95. The van der Waals surface area contributed by atoms with Gasteiger partial charge in [0, 0.05) is 17.4 Å². The van der Waals surface area contributed by atoms with E-state index in [2.05, 4.69) is 19.2 Å². The van der Waals surface area contributed by atoms with Crippen LogP contribution in [0.25, 0.3) is 0 Å². The molecule has 0 aromatic heterocycles. The van der Waals surface area contributed by atoms with E-state index in [1.165, 1.54) is 6.42 Å². The van der Waals surface area contributed by atoms with E-state index in [1.807, 2.05) is 6.07 Å². The van der Waals surface area contributed by atoms with Crippen LogP contribution >= 0.6 is 0 Å². The number of carbonyl (C=O) groups is 1. The SMILES string of the molecule is CC1CC(C)CC(Nc2ccc(N)c(C(=O)O)c2)C1. The molecule has 2 atom stereocenters. The number of benzene rings is 1. The van der Waals surface area contributed by atoms with Crippen molar-refractivity contribution in [3.8, 4) is 0 Å². The molecule has 4 N–H and O–H groups in total. The summed E-state index contributed by atoms with van der Waals surface area (Å²) in [7, 11) is 0. The predicted octanol–water partition coefficient (Wildman–Crippen LogP) is 3.20. The molecule has 2 unspecified atom stereocenters. The topological polar surface area (TPSA) is 75.3 Å². The third-order valence-corrected chi connectivity index (χ3v) is 3.83. The number of hydrogen-bond acceptors (Lipinski definition) is 3. The highest BCUT2D eigenvalue weighted by molar-refractivity contribution is 5.94. The second-order valence-electron chi connectivity index (χ2n) is 5.87. The Balaban J connectivity index is 2.10. The number of aromatic carboxylic acids is 1. The van der Waals surface area contributed by atoms with Crippen molar-refractivity contribution in [3.05, 3.63) is 23.8 Å².